The van der Waals surface area contributed by atoms with E-state index < -0.39 is 62.7 Å². The average Bonchev–Trinajstić information content (AvgIpc) is 2.92. The first-order chi connectivity index (χ1) is 18.8. The minimum atomic E-state index is -4.90. The number of carbonyl (C=O) groups is 2. The van der Waals surface area contributed by atoms with Gasteiger partial charge in [-0.1, -0.05) is 48.9 Å². The summed E-state index contributed by atoms with van der Waals surface area (Å²) in [5.41, 5.74) is -1.29. The lowest BCUT2D eigenvalue weighted by molar-refractivity contribution is -0.140. The van der Waals surface area contributed by atoms with Crippen molar-refractivity contribution >= 4 is 39.1 Å². The minimum absolute atomic E-state index is 0.136. The lowest BCUT2D eigenvalue weighted by Crippen LogP contribution is -2.51. The Morgan fingerprint density at radius 3 is 2.17 bits per heavy atom. The fraction of sp³-hybridized carbons (Fsp3) is 0.259. The summed E-state index contributed by atoms with van der Waals surface area (Å²) < 4.78 is 82.4. The molecule has 13 heteroatoms. The van der Waals surface area contributed by atoms with E-state index >= 15 is 0 Å². The number of likely N-dealkylation sites (N-methyl/N-ethyl adjacent to an activating group) is 1. The van der Waals surface area contributed by atoms with Crippen molar-refractivity contribution in [2.75, 3.05) is 17.9 Å². The van der Waals surface area contributed by atoms with Crippen molar-refractivity contribution in [2.45, 2.75) is 37.0 Å². The lowest BCUT2D eigenvalue weighted by atomic mass is 10.1. The van der Waals surface area contributed by atoms with Gasteiger partial charge >= 0.3 is 6.18 Å². The Bertz CT molecular complexity index is 1450. The standard InChI is InChI=1S/C27H26ClF4N3O4S/c1-3-24(26(37)33-2)34(16-18-9-11-19(29)12-10-18)25(36)17-35(40(38,39)21-7-5-4-6-8-21)20-13-14-23(28)22(15-20)27(30,31)32/h4-15,24H,3,16-17H2,1-2H3,(H,33,37). The third-order valence-electron chi connectivity index (χ3n) is 6.05. The molecule has 0 fully saturated rings. The van der Waals surface area contributed by atoms with E-state index in [1.54, 1.807) is 13.0 Å². The Labute approximate surface area is 234 Å². The van der Waals surface area contributed by atoms with Gasteiger partial charge in [0.15, 0.2) is 0 Å². The number of nitrogens with zero attached hydrogens (tertiary/aromatic N) is 2. The third-order valence-corrected chi connectivity index (χ3v) is 8.17. The zero-order valence-electron chi connectivity index (χ0n) is 21.5. The van der Waals surface area contributed by atoms with E-state index in [0.29, 0.717) is 15.9 Å². The number of hydrogen-bond acceptors (Lipinski definition) is 4. The van der Waals surface area contributed by atoms with Gasteiger partial charge in [0.2, 0.25) is 11.8 Å². The molecule has 7 nitrogen and oxygen atoms in total. The molecule has 3 aromatic rings. The van der Waals surface area contributed by atoms with Crippen molar-refractivity contribution < 1.29 is 35.6 Å². The van der Waals surface area contributed by atoms with Gasteiger partial charge in [0, 0.05) is 13.6 Å². The molecule has 0 saturated heterocycles. The van der Waals surface area contributed by atoms with E-state index in [1.807, 2.05) is 0 Å². The minimum Gasteiger partial charge on any atom is -0.357 e. The molecule has 0 radical (unpaired) electrons. The summed E-state index contributed by atoms with van der Waals surface area (Å²) in [6, 6.07) is 13.5. The maximum absolute atomic E-state index is 13.8. The summed E-state index contributed by atoms with van der Waals surface area (Å²) in [4.78, 5) is 27.3. The molecule has 0 aromatic heterocycles. The maximum Gasteiger partial charge on any atom is 0.417 e. The van der Waals surface area contributed by atoms with E-state index in [4.69, 9.17) is 11.6 Å². The molecule has 0 bridgehead atoms. The molecule has 0 saturated carbocycles. The highest BCUT2D eigenvalue weighted by atomic mass is 35.5. The second-order valence-corrected chi connectivity index (χ2v) is 10.9. The van der Waals surface area contributed by atoms with Crippen LogP contribution < -0.4 is 9.62 Å². The molecule has 3 aromatic carbocycles. The second-order valence-electron chi connectivity index (χ2n) is 8.67. The smallest absolute Gasteiger partial charge is 0.357 e. The number of amides is 2. The largest absolute Gasteiger partial charge is 0.417 e. The number of hydrogen-bond donors (Lipinski definition) is 1. The van der Waals surface area contributed by atoms with Gasteiger partial charge in [0.05, 0.1) is 21.2 Å². The number of anilines is 1. The fourth-order valence-electron chi connectivity index (χ4n) is 4.01. The molecule has 0 aliphatic heterocycles. The SMILES string of the molecule is CCC(C(=O)NC)N(Cc1ccc(F)cc1)C(=O)CN(c1ccc(Cl)c(C(F)(F)F)c1)S(=O)(=O)c1ccccc1. The first kappa shape index (κ1) is 30.9. The highest BCUT2D eigenvalue weighted by Crippen LogP contribution is 2.38. The van der Waals surface area contributed by atoms with Crippen LogP contribution in [0.25, 0.3) is 0 Å². The molecular weight excluding hydrogens is 574 g/mol. The Kier molecular flexibility index (Phi) is 9.80. The molecule has 0 spiro atoms. The monoisotopic (exact) mass is 599 g/mol. The van der Waals surface area contributed by atoms with Crippen LogP contribution in [0.2, 0.25) is 5.02 Å². The van der Waals surface area contributed by atoms with Crippen LogP contribution in [0.4, 0.5) is 23.2 Å². The number of rotatable bonds is 10. The molecule has 0 aliphatic rings. The van der Waals surface area contributed by atoms with Crippen LogP contribution in [-0.2, 0) is 32.3 Å². The Morgan fingerprint density at radius 2 is 1.62 bits per heavy atom. The predicted octanol–water partition coefficient (Wildman–Crippen LogP) is 5.25. The highest BCUT2D eigenvalue weighted by molar-refractivity contribution is 7.92. The first-order valence-electron chi connectivity index (χ1n) is 12.0. The van der Waals surface area contributed by atoms with Gasteiger partial charge < -0.3 is 10.2 Å². The molecule has 1 atom stereocenters. The molecule has 2 amide bonds. The van der Waals surface area contributed by atoms with Gasteiger partial charge in [0.1, 0.15) is 18.4 Å². The first-order valence-corrected chi connectivity index (χ1v) is 13.8. The van der Waals surface area contributed by atoms with Crippen LogP contribution in [0.1, 0.15) is 24.5 Å². The molecular formula is C27H26ClF4N3O4S. The molecule has 0 aliphatic carbocycles. The molecule has 1 unspecified atom stereocenters. The van der Waals surface area contributed by atoms with E-state index in [-0.39, 0.29) is 17.9 Å². The fourth-order valence-corrected chi connectivity index (χ4v) is 5.66. The molecule has 0 heterocycles. The van der Waals surface area contributed by atoms with Gasteiger partial charge in [0.25, 0.3) is 10.0 Å². The van der Waals surface area contributed by atoms with Gasteiger partial charge in [-0.05, 0) is 54.4 Å². The van der Waals surface area contributed by atoms with Crippen LogP contribution in [0, 0.1) is 5.82 Å². The second kappa shape index (κ2) is 12.7. The zero-order chi connectivity index (χ0) is 29.7. The summed E-state index contributed by atoms with van der Waals surface area (Å²) in [5, 5.41) is 1.80. The molecule has 214 valence electrons. The third kappa shape index (κ3) is 7.11. The lowest BCUT2D eigenvalue weighted by Gasteiger charge is -2.33. The Morgan fingerprint density at radius 1 is 1.00 bits per heavy atom. The molecule has 40 heavy (non-hydrogen) atoms. The summed E-state index contributed by atoms with van der Waals surface area (Å²) in [5.74, 6) is -1.94. The van der Waals surface area contributed by atoms with Gasteiger partial charge in [-0.25, -0.2) is 12.8 Å². The van der Waals surface area contributed by atoms with Gasteiger partial charge in [-0.2, -0.15) is 13.2 Å². The van der Waals surface area contributed by atoms with Crippen molar-refractivity contribution in [3.8, 4) is 0 Å². The van der Waals surface area contributed by atoms with E-state index in [2.05, 4.69) is 5.32 Å². The van der Waals surface area contributed by atoms with Crippen molar-refractivity contribution in [1.29, 1.82) is 0 Å². The van der Waals surface area contributed by atoms with Gasteiger partial charge in [-0.3, -0.25) is 13.9 Å². The van der Waals surface area contributed by atoms with Crippen LogP contribution in [0.15, 0.2) is 77.7 Å². The number of benzene rings is 3. The van der Waals surface area contributed by atoms with E-state index in [0.717, 1.165) is 29.2 Å². The Hall–Kier alpha value is -3.64. The van der Waals surface area contributed by atoms with Crippen LogP contribution >= 0.6 is 11.6 Å². The van der Waals surface area contributed by atoms with Crippen LogP contribution in [-0.4, -0.2) is 44.8 Å². The summed E-state index contributed by atoms with van der Waals surface area (Å²) in [7, 11) is -3.20. The number of sulfonamides is 1. The number of carbonyl (C=O) groups excluding carboxylic acids is 2. The predicted molar refractivity (Wildman–Crippen MR) is 143 cm³/mol. The molecule has 1 N–H and O–H groups in total. The van der Waals surface area contributed by atoms with E-state index in [9.17, 15) is 35.6 Å². The van der Waals surface area contributed by atoms with Crippen LogP contribution in [0.5, 0.6) is 0 Å². The van der Waals surface area contributed by atoms with E-state index in [1.165, 1.54) is 43.4 Å². The number of halogens is 5. The van der Waals surface area contributed by atoms with Crippen molar-refractivity contribution in [3.05, 3.63) is 94.8 Å². The summed E-state index contributed by atoms with van der Waals surface area (Å²) >= 11 is 5.75. The highest BCUT2D eigenvalue weighted by Gasteiger charge is 2.37. The van der Waals surface area contributed by atoms with Crippen LogP contribution in [0.3, 0.4) is 0 Å². The normalized spacial score (nSPS) is 12.5. The summed E-state index contributed by atoms with van der Waals surface area (Å²) in [6.45, 7) is 0.502. The molecule has 3 rings (SSSR count). The number of nitrogens with one attached hydrogen (secondary N) is 1. The number of alkyl halides is 3. The van der Waals surface area contributed by atoms with Crippen molar-refractivity contribution in [3.63, 3.8) is 0 Å². The topological polar surface area (TPSA) is 86.8 Å². The summed E-state index contributed by atoms with van der Waals surface area (Å²) in [6.07, 6.45) is -4.77. The maximum atomic E-state index is 13.8. The van der Waals surface area contributed by atoms with Gasteiger partial charge in [-0.15, -0.1) is 0 Å². The Balaban J connectivity index is 2.13. The zero-order valence-corrected chi connectivity index (χ0v) is 23.0. The van der Waals surface area contributed by atoms with Crippen molar-refractivity contribution in [1.82, 2.24) is 10.2 Å². The quantitative estimate of drug-likeness (QED) is 0.323. The average molecular weight is 600 g/mol. The van der Waals surface area contributed by atoms with Crippen molar-refractivity contribution in [2.24, 2.45) is 0 Å².